The van der Waals surface area contributed by atoms with Gasteiger partial charge in [-0.15, -0.1) is 0 Å². The molecule has 1 N–H and O–H groups in total. The summed E-state index contributed by atoms with van der Waals surface area (Å²) < 4.78 is 3.68. The molecule has 0 spiro atoms. The molecule has 0 bridgehead atoms. The van der Waals surface area contributed by atoms with Crippen molar-refractivity contribution in [2.24, 2.45) is 14.1 Å². The third-order valence-electron chi connectivity index (χ3n) is 4.30. The molecule has 0 aliphatic carbocycles. The van der Waals surface area contributed by atoms with Gasteiger partial charge in [-0.3, -0.25) is 9.48 Å². The number of fused-ring (bicyclic) bond motifs is 1. The van der Waals surface area contributed by atoms with Crippen molar-refractivity contribution in [2.45, 2.75) is 12.5 Å². The van der Waals surface area contributed by atoms with Gasteiger partial charge in [-0.05, 0) is 18.6 Å². The van der Waals surface area contributed by atoms with E-state index in [0.29, 0.717) is 6.54 Å². The number of carbonyl (C=O) groups excluding carboxylic acids is 1. The number of hydrogen-bond acceptors (Lipinski definition) is 4. The van der Waals surface area contributed by atoms with Crippen LogP contribution in [0.3, 0.4) is 0 Å². The topological polar surface area (TPSA) is 68.0 Å². The van der Waals surface area contributed by atoms with Crippen molar-refractivity contribution in [2.75, 3.05) is 16.8 Å². The van der Waals surface area contributed by atoms with E-state index in [4.69, 9.17) is 0 Å². The smallest absolute Gasteiger partial charge is 0.249 e. The van der Waals surface area contributed by atoms with Crippen LogP contribution in [0.5, 0.6) is 0 Å². The Labute approximate surface area is 133 Å². The van der Waals surface area contributed by atoms with E-state index in [1.165, 1.54) is 0 Å². The van der Waals surface area contributed by atoms with E-state index in [-0.39, 0.29) is 11.9 Å². The lowest BCUT2D eigenvalue weighted by Gasteiger charge is -2.15. The zero-order valence-electron chi connectivity index (χ0n) is 13.1. The molecule has 2 aromatic heterocycles. The first-order valence-electron chi connectivity index (χ1n) is 7.61. The van der Waals surface area contributed by atoms with Crippen LogP contribution in [0.2, 0.25) is 0 Å². The van der Waals surface area contributed by atoms with Crippen LogP contribution in [0, 0.1) is 0 Å². The third-order valence-corrected chi connectivity index (χ3v) is 4.30. The summed E-state index contributed by atoms with van der Waals surface area (Å²) in [4.78, 5) is 19.0. The molecule has 7 nitrogen and oxygen atoms in total. The lowest BCUT2D eigenvalue weighted by atomic mass is 10.2. The molecule has 1 atom stereocenters. The molecule has 1 saturated heterocycles. The van der Waals surface area contributed by atoms with Gasteiger partial charge < -0.3 is 14.8 Å². The van der Waals surface area contributed by atoms with Crippen molar-refractivity contribution in [3.63, 3.8) is 0 Å². The lowest BCUT2D eigenvalue weighted by Crippen LogP contribution is -2.33. The van der Waals surface area contributed by atoms with E-state index in [9.17, 15) is 4.79 Å². The predicted octanol–water partition coefficient (Wildman–Crippen LogP) is 1.52. The average Bonchev–Trinajstić information content (AvgIpc) is 3.21. The minimum absolute atomic E-state index is 0.0602. The van der Waals surface area contributed by atoms with E-state index in [1.54, 1.807) is 15.8 Å². The van der Waals surface area contributed by atoms with Gasteiger partial charge in [-0.1, -0.05) is 12.1 Å². The van der Waals surface area contributed by atoms with Crippen molar-refractivity contribution in [3.8, 4) is 0 Å². The molecule has 0 unspecified atom stereocenters. The number of nitrogens with zero attached hydrogens (tertiary/aromatic N) is 5. The van der Waals surface area contributed by atoms with Gasteiger partial charge in [-0.25, -0.2) is 4.98 Å². The molecule has 3 aromatic rings. The first-order chi connectivity index (χ1) is 11.1. The zero-order valence-corrected chi connectivity index (χ0v) is 13.1. The highest BCUT2D eigenvalue weighted by Crippen LogP contribution is 2.24. The maximum Gasteiger partial charge on any atom is 0.249 e. The average molecular weight is 310 g/mol. The molecular weight excluding hydrogens is 292 g/mol. The summed E-state index contributed by atoms with van der Waals surface area (Å²) in [7, 11) is 3.80. The lowest BCUT2D eigenvalue weighted by molar-refractivity contribution is -0.117. The van der Waals surface area contributed by atoms with Crippen molar-refractivity contribution in [1.82, 2.24) is 19.3 Å². The van der Waals surface area contributed by atoms with E-state index >= 15 is 0 Å². The van der Waals surface area contributed by atoms with Crippen LogP contribution in [0.4, 0.5) is 11.6 Å². The summed E-state index contributed by atoms with van der Waals surface area (Å²) in [6, 6.07) is 7.68. The number of para-hydroxylation sites is 2. The van der Waals surface area contributed by atoms with Gasteiger partial charge in [0.2, 0.25) is 11.9 Å². The normalized spacial score (nSPS) is 18.1. The van der Waals surface area contributed by atoms with Crippen LogP contribution in [-0.2, 0) is 18.9 Å². The van der Waals surface area contributed by atoms with Gasteiger partial charge in [0.05, 0.1) is 22.9 Å². The Hall–Kier alpha value is -2.83. The van der Waals surface area contributed by atoms with Crippen LogP contribution in [0.25, 0.3) is 11.0 Å². The number of nitrogens with one attached hydrogen (secondary N) is 1. The minimum Gasteiger partial charge on any atom is -0.344 e. The van der Waals surface area contributed by atoms with Gasteiger partial charge in [0.15, 0.2) is 0 Å². The van der Waals surface area contributed by atoms with E-state index < -0.39 is 0 Å². The Morgan fingerprint density at radius 2 is 2.09 bits per heavy atom. The molecule has 4 rings (SSSR count). The molecular formula is C16H18N6O. The molecule has 23 heavy (non-hydrogen) atoms. The number of aryl methyl sites for hydroxylation is 2. The van der Waals surface area contributed by atoms with E-state index in [1.807, 2.05) is 49.1 Å². The molecule has 0 radical (unpaired) electrons. The molecule has 1 fully saturated rings. The maximum atomic E-state index is 12.6. The molecule has 3 heterocycles. The van der Waals surface area contributed by atoms with Crippen molar-refractivity contribution >= 4 is 28.6 Å². The van der Waals surface area contributed by atoms with Crippen LogP contribution >= 0.6 is 0 Å². The quantitative estimate of drug-likeness (QED) is 0.796. The summed E-state index contributed by atoms with van der Waals surface area (Å²) >= 11 is 0. The van der Waals surface area contributed by atoms with Crippen LogP contribution in [0.15, 0.2) is 36.7 Å². The van der Waals surface area contributed by atoms with E-state index in [0.717, 1.165) is 29.1 Å². The molecule has 1 amide bonds. The first-order valence-corrected chi connectivity index (χ1v) is 7.61. The number of amides is 1. The van der Waals surface area contributed by atoms with Gasteiger partial charge in [0.25, 0.3) is 0 Å². The van der Waals surface area contributed by atoms with Crippen LogP contribution in [-0.4, -0.2) is 37.8 Å². The Morgan fingerprint density at radius 3 is 2.83 bits per heavy atom. The second-order valence-electron chi connectivity index (χ2n) is 5.83. The van der Waals surface area contributed by atoms with Gasteiger partial charge in [-0.2, -0.15) is 5.10 Å². The van der Waals surface area contributed by atoms with Gasteiger partial charge >= 0.3 is 0 Å². The fraction of sp³-hybridized carbons (Fsp3) is 0.312. The summed E-state index contributed by atoms with van der Waals surface area (Å²) in [6.45, 7) is 0.687. The van der Waals surface area contributed by atoms with Crippen molar-refractivity contribution < 1.29 is 4.79 Å². The summed E-state index contributed by atoms with van der Waals surface area (Å²) in [5, 5.41) is 7.42. The number of rotatable bonds is 3. The molecule has 1 aromatic carbocycles. The maximum absolute atomic E-state index is 12.6. The highest BCUT2D eigenvalue weighted by molar-refractivity contribution is 6.00. The third kappa shape index (κ3) is 2.25. The Balaban J connectivity index is 1.57. The Morgan fingerprint density at radius 1 is 1.26 bits per heavy atom. The molecule has 7 heteroatoms. The summed E-state index contributed by atoms with van der Waals surface area (Å²) in [5.74, 6) is 0.780. The number of anilines is 2. The molecule has 1 aliphatic rings. The number of imidazole rings is 1. The zero-order chi connectivity index (χ0) is 16.0. The second-order valence-corrected chi connectivity index (χ2v) is 5.83. The first kappa shape index (κ1) is 13.8. The molecule has 0 saturated carbocycles. The number of hydrogen-bond donors (Lipinski definition) is 1. The van der Waals surface area contributed by atoms with Crippen molar-refractivity contribution in [3.05, 3.63) is 36.7 Å². The second kappa shape index (κ2) is 5.12. The predicted molar refractivity (Wildman–Crippen MR) is 88.3 cm³/mol. The largest absolute Gasteiger partial charge is 0.344 e. The van der Waals surface area contributed by atoms with Crippen molar-refractivity contribution in [1.29, 1.82) is 0 Å². The Kier molecular flexibility index (Phi) is 3.07. The molecule has 1 aliphatic heterocycles. The fourth-order valence-corrected chi connectivity index (χ4v) is 3.05. The monoisotopic (exact) mass is 310 g/mol. The standard InChI is InChI=1S/C16H18N6O/c1-20-10-11(9-17-20)22-8-7-13(15(22)23)19-16-18-12-5-3-4-6-14(12)21(16)2/h3-6,9-10,13H,7-8H2,1-2H3,(H,18,19)/t13-/m0/s1. The van der Waals surface area contributed by atoms with Crippen LogP contribution < -0.4 is 10.2 Å². The van der Waals surface area contributed by atoms with Gasteiger partial charge in [0.1, 0.15) is 6.04 Å². The highest BCUT2D eigenvalue weighted by Gasteiger charge is 2.33. The fourth-order valence-electron chi connectivity index (χ4n) is 3.05. The van der Waals surface area contributed by atoms with Gasteiger partial charge in [0, 0.05) is 26.8 Å². The molecule has 118 valence electrons. The minimum atomic E-state index is -0.259. The number of benzene rings is 1. The van der Waals surface area contributed by atoms with Crippen LogP contribution in [0.1, 0.15) is 6.42 Å². The number of carbonyl (C=O) groups is 1. The van der Waals surface area contributed by atoms with E-state index in [2.05, 4.69) is 15.4 Å². The highest BCUT2D eigenvalue weighted by atomic mass is 16.2. The summed E-state index contributed by atoms with van der Waals surface area (Å²) in [6.07, 6.45) is 4.32. The summed E-state index contributed by atoms with van der Waals surface area (Å²) in [5.41, 5.74) is 2.81. The SMILES string of the molecule is Cn1cc(N2CC[C@H](Nc3nc4ccccc4n3C)C2=O)cn1. The number of aromatic nitrogens is 4. The Bertz CT molecular complexity index is 880.